The lowest BCUT2D eigenvalue weighted by atomic mass is 9.79. The van der Waals surface area contributed by atoms with Crippen LogP contribution in [0.15, 0.2) is 36.5 Å². The van der Waals surface area contributed by atoms with Crippen molar-refractivity contribution in [3.8, 4) is 0 Å². The number of carbonyl (C=O) groups excluding carboxylic acids is 3. The van der Waals surface area contributed by atoms with Gasteiger partial charge in [0.15, 0.2) is 17.3 Å². The number of allylic oxidation sites excluding steroid dienone is 4. The van der Waals surface area contributed by atoms with E-state index in [1.54, 1.807) is 0 Å². The van der Waals surface area contributed by atoms with Gasteiger partial charge in [-0.2, -0.15) is 0 Å². The molecule has 0 amide bonds. The largest absolute Gasteiger partial charge is 0.393 e. The lowest BCUT2D eigenvalue weighted by Crippen LogP contribution is -2.61. The second kappa shape index (κ2) is 45.8. The highest BCUT2D eigenvalue weighted by molar-refractivity contribution is 6.11. The zero-order valence-electron chi connectivity index (χ0n) is 42.5. The molecular formula is C57H104O8. The van der Waals surface area contributed by atoms with Crippen LogP contribution in [0.1, 0.15) is 278 Å². The topological polar surface area (TPSA) is 152 Å². The fraction of sp³-hybridized carbons (Fsp3) is 0.842. The molecule has 65 heavy (non-hydrogen) atoms. The number of carbonyl (C=O) groups is 3. The van der Waals surface area contributed by atoms with E-state index in [-0.39, 0.29) is 31.5 Å². The third-order valence-electron chi connectivity index (χ3n) is 13.1. The van der Waals surface area contributed by atoms with Crippen LogP contribution in [0.4, 0.5) is 0 Å². The van der Waals surface area contributed by atoms with E-state index in [1.807, 2.05) is 0 Å². The number of hydrogen-bond acceptors (Lipinski definition) is 8. The maximum absolute atomic E-state index is 13.6. The van der Waals surface area contributed by atoms with Crippen LogP contribution in [0.25, 0.3) is 0 Å². The van der Waals surface area contributed by atoms with Gasteiger partial charge in [0.25, 0.3) is 0 Å². The van der Waals surface area contributed by atoms with E-state index in [0.29, 0.717) is 32.1 Å². The summed E-state index contributed by atoms with van der Waals surface area (Å²) >= 11 is 0. The Morgan fingerprint density at radius 3 is 1.05 bits per heavy atom. The molecule has 0 aromatic carbocycles. The Morgan fingerprint density at radius 2 is 0.677 bits per heavy atom. The molecule has 0 saturated heterocycles. The first kappa shape index (κ1) is 63.0. The van der Waals surface area contributed by atoms with Gasteiger partial charge < -0.3 is 25.5 Å². The summed E-state index contributed by atoms with van der Waals surface area (Å²) in [5.41, 5.74) is -2.83. The number of Topliss-reactive ketones (excluding diaryl/α,β-unsaturated/α-hetero) is 3. The van der Waals surface area contributed by atoms with Crippen molar-refractivity contribution in [3.05, 3.63) is 36.5 Å². The molecule has 0 radical (unpaired) electrons. The first-order chi connectivity index (χ1) is 31.6. The fourth-order valence-electron chi connectivity index (χ4n) is 8.54. The van der Waals surface area contributed by atoms with Gasteiger partial charge in [-0.1, -0.05) is 198 Å². The van der Waals surface area contributed by atoms with Crippen molar-refractivity contribution >= 4 is 17.3 Å². The van der Waals surface area contributed by atoms with Gasteiger partial charge in [0.1, 0.15) is 12.2 Å². The zero-order valence-corrected chi connectivity index (χ0v) is 42.5. The number of ketones is 3. The monoisotopic (exact) mass is 917 g/mol. The van der Waals surface area contributed by atoms with E-state index in [1.165, 1.54) is 77.0 Å². The second-order valence-corrected chi connectivity index (χ2v) is 19.3. The van der Waals surface area contributed by atoms with Gasteiger partial charge in [0.05, 0.1) is 12.2 Å². The molecule has 0 aromatic heterocycles. The molecule has 0 aliphatic rings. The van der Waals surface area contributed by atoms with Crippen LogP contribution >= 0.6 is 0 Å². The van der Waals surface area contributed by atoms with E-state index in [0.717, 1.165) is 128 Å². The molecule has 0 heterocycles. The number of unbranched alkanes of at least 4 members (excludes halogenated alkanes) is 27. The minimum atomic E-state index is -2.83. The Balaban J connectivity index is 4.91. The lowest BCUT2D eigenvalue weighted by Gasteiger charge is -2.32. The van der Waals surface area contributed by atoms with Gasteiger partial charge in [-0.3, -0.25) is 14.4 Å². The highest BCUT2D eigenvalue weighted by Gasteiger charge is 2.52. The van der Waals surface area contributed by atoms with Crippen molar-refractivity contribution in [1.29, 1.82) is 0 Å². The molecule has 4 atom stereocenters. The van der Waals surface area contributed by atoms with Crippen LogP contribution in [0.3, 0.4) is 0 Å². The van der Waals surface area contributed by atoms with Gasteiger partial charge in [-0.25, -0.2) is 0 Å². The smallest absolute Gasteiger partial charge is 0.210 e. The molecule has 380 valence electrons. The minimum Gasteiger partial charge on any atom is -0.393 e. The predicted molar refractivity (Wildman–Crippen MR) is 273 cm³/mol. The molecule has 0 bridgehead atoms. The van der Waals surface area contributed by atoms with Crippen molar-refractivity contribution in [2.45, 2.75) is 308 Å². The molecule has 0 fully saturated rings. The highest BCUT2D eigenvalue weighted by Crippen LogP contribution is 2.26. The summed E-state index contributed by atoms with van der Waals surface area (Å²) in [7, 11) is 0. The summed E-state index contributed by atoms with van der Waals surface area (Å²) in [6.45, 7) is 6.61. The summed E-state index contributed by atoms with van der Waals surface area (Å²) in [6, 6.07) is 0. The molecular weight excluding hydrogens is 813 g/mol. The van der Waals surface area contributed by atoms with Crippen LogP contribution in [0, 0.1) is 0 Å². The van der Waals surface area contributed by atoms with Gasteiger partial charge in [-0.15, -0.1) is 0 Å². The van der Waals surface area contributed by atoms with Gasteiger partial charge in [0.2, 0.25) is 5.60 Å². The van der Waals surface area contributed by atoms with Crippen LogP contribution < -0.4 is 0 Å². The molecule has 0 aliphatic carbocycles. The van der Waals surface area contributed by atoms with E-state index in [9.17, 15) is 39.9 Å². The molecule has 0 rings (SSSR count). The Kier molecular flexibility index (Phi) is 44.4. The van der Waals surface area contributed by atoms with Crippen molar-refractivity contribution in [2.24, 2.45) is 0 Å². The van der Waals surface area contributed by atoms with Crippen LogP contribution in [0.2, 0.25) is 0 Å². The molecule has 5 N–H and O–H groups in total. The first-order valence-electron chi connectivity index (χ1n) is 27.5. The molecule has 0 saturated carbocycles. The summed E-state index contributed by atoms with van der Waals surface area (Å²) < 4.78 is 0. The molecule has 2 unspecified atom stereocenters. The number of aliphatic hydroxyl groups excluding tert-OH is 4. The molecule has 0 aromatic rings. The Bertz CT molecular complexity index is 1140. The van der Waals surface area contributed by atoms with Crippen molar-refractivity contribution in [2.75, 3.05) is 0 Å². The number of hydrogen-bond donors (Lipinski definition) is 5. The minimum absolute atomic E-state index is 0.0124. The molecule has 0 aliphatic heterocycles. The Morgan fingerprint density at radius 1 is 0.385 bits per heavy atom. The quantitative estimate of drug-likeness (QED) is 0.0230. The summed E-state index contributed by atoms with van der Waals surface area (Å²) in [5.74, 6) is -2.30. The average Bonchev–Trinajstić information content (AvgIpc) is 3.30. The van der Waals surface area contributed by atoms with Crippen molar-refractivity contribution < 1.29 is 39.9 Å². The standard InChI is InChI=1S/C57H104O8/c1-4-7-10-13-14-15-16-17-18-19-20-21-28-33-40-47-52(60)55(63)56(64)57(65,53(61)48-41-34-29-24-22-26-31-38-45-50(58)43-36-11-8-5-2)54(62)49-42-35-30-25-23-27-32-39-46-51(59)44-37-12-9-6-3/h17-18,31-32,38-39,50-51,55-56,58-59,63-65H,4-16,19-30,33-37,40-49H2,1-3H3/b18-17-,38-31-,39-32-/t50-,51-,55?,56?/m1/s1. The lowest BCUT2D eigenvalue weighted by molar-refractivity contribution is -0.174. The van der Waals surface area contributed by atoms with E-state index < -0.39 is 35.2 Å². The molecule has 8 heteroatoms. The fourth-order valence-corrected chi connectivity index (χ4v) is 8.54. The third-order valence-corrected chi connectivity index (χ3v) is 13.1. The van der Waals surface area contributed by atoms with Gasteiger partial charge >= 0.3 is 0 Å². The van der Waals surface area contributed by atoms with Crippen molar-refractivity contribution in [3.63, 3.8) is 0 Å². The maximum Gasteiger partial charge on any atom is 0.210 e. The third kappa shape index (κ3) is 35.8. The predicted octanol–water partition coefficient (Wildman–Crippen LogP) is 14.2. The van der Waals surface area contributed by atoms with Crippen LogP contribution in [-0.2, 0) is 14.4 Å². The Labute approximate surface area is 400 Å². The van der Waals surface area contributed by atoms with E-state index >= 15 is 0 Å². The van der Waals surface area contributed by atoms with E-state index in [4.69, 9.17) is 0 Å². The summed E-state index contributed by atoms with van der Waals surface area (Å²) in [5, 5.41) is 54.2. The zero-order chi connectivity index (χ0) is 48.1. The number of rotatable bonds is 50. The highest BCUT2D eigenvalue weighted by atomic mass is 16.4. The molecule has 8 nitrogen and oxygen atoms in total. The maximum atomic E-state index is 13.6. The van der Waals surface area contributed by atoms with Gasteiger partial charge in [-0.05, 0) is 96.3 Å². The molecule has 0 spiro atoms. The SMILES string of the molecule is CCCCCCCC/C=C\CCCCCCCC(=O)C(O)C(O)C(O)(C(=O)CCCCCCC/C=C\C[C@H](O)CCCCCC)C(=O)CCCCCCC/C=C\C[C@H](O)CCCCCC. The second-order valence-electron chi connectivity index (χ2n) is 19.3. The van der Waals surface area contributed by atoms with Crippen molar-refractivity contribution in [1.82, 2.24) is 0 Å². The summed E-state index contributed by atoms with van der Waals surface area (Å²) in [6.07, 6.45) is 44.6. The van der Waals surface area contributed by atoms with Crippen LogP contribution in [0.5, 0.6) is 0 Å². The average molecular weight is 917 g/mol. The van der Waals surface area contributed by atoms with E-state index in [2.05, 4.69) is 57.2 Å². The van der Waals surface area contributed by atoms with Crippen LogP contribution in [-0.4, -0.2) is 72.9 Å². The first-order valence-corrected chi connectivity index (χ1v) is 27.5. The normalized spacial score (nSPS) is 14.2. The summed E-state index contributed by atoms with van der Waals surface area (Å²) in [4.78, 5) is 40.3. The Hall–Kier alpha value is -1.97. The number of aliphatic hydroxyl groups is 5. The van der Waals surface area contributed by atoms with Gasteiger partial charge in [0, 0.05) is 19.3 Å².